The van der Waals surface area contributed by atoms with Crippen LogP contribution in [0.3, 0.4) is 0 Å². The zero-order chi connectivity index (χ0) is 24.8. The topological polar surface area (TPSA) is 126 Å². The van der Waals surface area contributed by atoms with E-state index in [9.17, 15) is 9.90 Å². The summed E-state index contributed by atoms with van der Waals surface area (Å²) in [6.07, 6.45) is 6.46. The van der Waals surface area contributed by atoms with Gasteiger partial charge in [-0.15, -0.1) is 0 Å². The molecule has 0 saturated carbocycles. The van der Waals surface area contributed by atoms with Crippen molar-refractivity contribution in [3.63, 3.8) is 0 Å². The Morgan fingerprint density at radius 2 is 2.11 bits per heavy atom. The molecule has 0 spiro atoms. The highest BCUT2D eigenvalue weighted by Gasteiger charge is 2.27. The molecule has 0 amide bonds. The van der Waals surface area contributed by atoms with Gasteiger partial charge in [-0.05, 0) is 55.3 Å². The summed E-state index contributed by atoms with van der Waals surface area (Å²) >= 11 is 0. The van der Waals surface area contributed by atoms with Crippen LogP contribution in [0, 0.1) is 6.92 Å². The number of nitrogens with zero attached hydrogens (tertiary/aromatic N) is 2. The van der Waals surface area contributed by atoms with Crippen LogP contribution in [0.25, 0.3) is 11.6 Å². The maximum atomic E-state index is 12.9. The second-order valence-corrected chi connectivity index (χ2v) is 7.91. The molecule has 9 nitrogen and oxygen atoms in total. The number of hydrogen-bond acceptors (Lipinski definition) is 9. The maximum absolute atomic E-state index is 12.9. The molecule has 0 fully saturated rings. The smallest absolute Gasteiger partial charge is 0.347 e. The fraction of sp³-hybridized carbons (Fsp3) is 0.269. The fourth-order valence-corrected chi connectivity index (χ4v) is 3.53. The van der Waals surface area contributed by atoms with Crippen molar-refractivity contribution in [2.24, 2.45) is 4.99 Å². The minimum atomic E-state index is -0.686. The number of esters is 1. The number of ether oxygens (including phenoxy) is 2. The Morgan fingerprint density at radius 1 is 1.26 bits per heavy atom. The Kier molecular flexibility index (Phi) is 7.47. The van der Waals surface area contributed by atoms with E-state index in [-0.39, 0.29) is 42.8 Å². The lowest BCUT2D eigenvalue weighted by Crippen LogP contribution is -2.08. The second kappa shape index (κ2) is 10.9. The number of nitrogens with one attached hydrogen (secondary N) is 1. The Balaban J connectivity index is 1.69. The molecule has 1 aliphatic rings. The number of rotatable bonds is 10. The summed E-state index contributed by atoms with van der Waals surface area (Å²) in [6.45, 7) is 4.19. The van der Waals surface area contributed by atoms with Gasteiger partial charge >= 0.3 is 5.97 Å². The summed E-state index contributed by atoms with van der Waals surface area (Å²) in [5.41, 5.74) is 2.85. The molecule has 35 heavy (non-hydrogen) atoms. The van der Waals surface area contributed by atoms with Crippen LogP contribution in [-0.2, 0) is 4.74 Å². The third-order valence-corrected chi connectivity index (χ3v) is 5.36. The largest absolute Gasteiger partial charge is 0.504 e. The first-order chi connectivity index (χ1) is 17.0. The number of aliphatic imine (C=N–C) groups is 1. The zero-order valence-electron chi connectivity index (χ0n) is 19.6. The Morgan fingerprint density at radius 3 is 2.89 bits per heavy atom. The van der Waals surface area contributed by atoms with Gasteiger partial charge in [0.15, 0.2) is 22.9 Å². The summed E-state index contributed by atoms with van der Waals surface area (Å²) in [6, 6.07) is 8.95. The lowest BCUT2D eigenvalue weighted by molar-refractivity contribution is 0.0497. The van der Waals surface area contributed by atoms with Gasteiger partial charge in [0, 0.05) is 29.2 Å². The first-order valence-electron chi connectivity index (χ1n) is 11.4. The molecule has 0 bridgehead atoms. The Bertz CT molecular complexity index is 1280. The summed E-state index contributed by atoms with van der Waals surface area (Å²) in [4.78, 5) is 21.4. The molecule has 0 unspecified atom stereocenters. The second-order valence-electron chi connectivity index (χ2n) is 7.91. The summed E-state index contributed by atoms with van der Waals surface area (Å²) in [7, 11) is 0. The Hall–Kier alpha value is -4.11. The van der Waals surface area contributed by atoms with E-state index in [1.54, 1.807) is 42.8 Å². The number of aryl methyl sites for hydroxylation is 1. The predicted molar refractivity (Wildman–Crippen MR) is 133 cm³/mol. The molecule has 1 aromatic carbocycles. The van der Waals surface area contributed by atoms with E-state index >= 15 is 0 Å². The van der Waals surface area contributed by atoms with Gasteiger partial charge in [0.05, 0.1) is 13.2 Å². The number of unbranched alkanes of at least 4 members (excludes halogenated alkanes) is 1. The van der Waals surface area contributed by atoms with Crippen molar-refractivity contribution < 1.29 is 28.9 Å². The van der Waals surface area contributed by atoms with Gasteiger partial charge in [0.25, 0.3) is 0 Å². The van der Waals surface area contributed by atoms with E-state index in [0.29, 0.717) is 29.2 Å². The predicted octanol–water partition coefficient (Wildman–Crippen LogP) is 5.02. The van der Waals surface area contributed by atoms with E-state index < -0.39 is 5.97 Å². The number of allylic oxidation sites excluding steroid dienone is 1. The van der Waals surface area contributed by atoms with E-state index in [1.165, 1.54) is 0 Å². The molecular weight excluding hydrogens is 450 g/mol. The van der Waals surface area contributed by atoms with Gasteiger partial charge < -0.3 is 29.4 Å². The molecular formula is C26H27N3O6. The molecule has 2 aromatic heterocycles. The molecule has 0 aliphatic carbocycles. The van der Waals surface area contributed by atoms with Crippen molar-refractivity contribution in [3.8, 4) is 11.5 Å². The average Bonchev–Trinajstić information content (AvgIpc) is 3.40. The highest BCUT2D eigenvalue weighted by Crippen LogP contribution is 2.40. The van der Waals surface area contributed by atoms with E-state index in [2.05, 4.69) is 15.3 Å². The van der Waals surface area contributed by atoms with Gasteiger partial charge in [-0.1, -0.05) is 13.3 Å². The molecule has 0 atom stereocenters. The number of benzene rings is 1. The number of fused-ring (bicyclic) bond motifs is 1. The first-order valence-corrected chi connectivity index (χ1v) is 11.4. The van der Waals surface area contributed by atoms with Crippen molar-refractivity contribution in [1.29, 1.82) is 0 Å². The fourth-order valence-electron chi connectivity index (χ4n) is 3.53. The van der Waals surface area contributed by atoms with Crippen molar-refractivity contribution in [3.05, 3.63) is 59.0 Å². The number of aliphatic hydroxyl groups is 1. The molecule has 3 aromatic rings. The van der Waals surface area contributed by atoms with Gasteiger partial charge in [-0.2, -0.15) is 0 Å². The molecule has 4 rings (SSSR count). The van der Waals surface area contributed by atoms with Crippen molar-refractivity contribution >= 4 is 41.2 Å². The SMILES string of the molecule is CCCCOC(=O)c1c(Nc2ccc(OCCO)cc2C)oc(C=C2C=Nc3ncccc32)c1O. The summed E-state index contributed by atoms with van der Waals surface area (Å²) < 4.78 is 16.7. The number of aromatic hydroxyl groups is 1. The van der Waals surface area contributed by atoms with E-state index in [0.717, 1.165) is 17.5 Å². The van der Waals surface area contributed by atoms with Crippen molar-refractivity contribution in [2.75, 3.05) is 25.1 Å². The molecule has 3 N–H and O–H groups in total. The number of furan rings is 1. The van der Waals surface area contributed by atoms with Crippen molar-refractivity contribution in [1.82, 2.24) is 4.98 Å². The van der Waals surface area contributed by atoms with Crippen LogP contribution in [0.1, 0.15) is 47.0 Å². The van der Waals surface area contributed by atoms with Gasteiger partial charge in [0.2, 0.25) is 5.88 Å². The molecule has 0 radical (unpaired) electrons. The Labute approximate surface area is 202 Å². The lowest BCUT2D eigenvalue weighted by Gasteiger charge is -2.11. The van der Waals surface area contributed by atoms with Crippen LogP contribution in [0.2, 0.25) is 0 Å². The number of aromatic nitrogens is 1. The molecule has 1 aliphatic heterocycles. The number of carbonyl (C=O) groups excluding carboxylic acids is 1. The lowest BCUT2D eigenvalue weighted by atomic mass is 10.1. The number of pyridine rings is 1. The quantitative estimate of drug-likeness (QED) is 0.275. The normalized spacial score (nSPS) is 13.2. The molecule has 3 heterocycles. The number of anilines is 2. The molecule has 0 saturated heterocycles. The van der Waals surface area contributed by atoms with E-state index in [1.807, 2.05) is 19.9 Å². The minimum absolute atomic E-state index is 0.0596. The number of carbonyl (C=O) groups is 1. The van der Waals surface area contributed by atoms with Crippen LogP contribution in [0.5, 0.6) is 11.5 Å². The highest BCUT2D eigenvalue weighted by atomic mass is 16.5. The minimum Gasteiger partial charge on any atom is -0.504 e. The summed E-state index contributed by atoms with van der Waals surface area (Å²) in [5.74, 6) is 0.309. The van der Waals surface area contributed by atoms with Crippen LogP contribution in [-0.4, -0.2) is 47.2 Å². The van der Waals surface area contributed by atoms with E-state index in [4.69, 9.17) is 19.0 Å². The molecule has 182 valence electrons. The molecule has 9 heteroatoms. The third-order valence-electron chi connectivity index (χ3n) is 5.36. The monoisotopic (exact) mass is 477 g/mol. The number of hydrogen-bond donors (Lipinski definition) is 3. The van der Waals surface area contributed by atoms with Crippen LogP contribution in [0.15, 0.2) is 45.9 Å². The zero-order valence-corrected chi connectivity index (χ0v) is 19.6. The third kappa shape index (κ3) is 5.36. The van der Waals surface area contributed by atoms with Crippen molar-refractivity contribution in [2.45, 2.75) is 26.7 Å². The summed E-state index contributed by atoms with van der Waals surface area (Å²) in [5, 5.41) is 23.0. The van der Waals surface area contributed by atoms with Crippen LogP contribution in [0.4, 0.5) is 17.4 Å². The van der Waals surface area contributed by atoms with Gasteiger partial charge in [-0.3, -0.25) is 0 Å². The van der Waals surface area contributed by atoms with Gasteiger partial charge in [-0.25, -0.2) is 14.8 Å². The standard InChI is InChI=1S/C26H27N3O6/c1-3-4-11-34-26(32)22-23(31)21(14-17-15-28-24-19(17)6-5-9-27-24)35-25(22)29-20-8-7-18(13-16(20)2)33-12-10-30/h5-9,13-15,29-31H,3-4,10-12H2,1-2H3. The van der Waals surface area contributed by atoms with Gasteiger partial charge in [0.1, 0.15) is 12.4 Å². The average molecular weight is 478 g/mol. The number of aliphatic hydroxyl groups excluding tert-OH is 1. The first kappa shape index (κ1) is 24.0. The van der Waals surface area contributed by atoms with Crippen LogP contribution >= 0.6 is 0 Å². The maximum Gasteiger partial charge on any atom is 0.347 e. The highest BCUT2D eigenvalue weighted by molar-refractivity contribution is 6.21. The van der Waals surface area contributed by atoms with Crippen LogP contribution < -0.4 is 10.1 Å².